The number of anilines is 2. The van der Waals surface area contributed by atoms with E-state index in [4.69, 9.17) is 9.17 Å². The van der Waals surface area contributed by atoms with Gasteiger partial charge in [-0.05, 0) is 67.9 Å². The molecule has 1 saturated heterocycles. The second-order valence-corrected chi connectivity index (χ2v) is 12.2. The Bertz CT molecular complexity index is 1720. The second kappa shape index (κ2) is 10.4. The number of nitrogens with one attached hydrogen (secondary N) is 1. The summed E-state index contributed by atoms with van der Waals surface area (Å²) in [4.78, 5) is 15.9. The van der Waals surface area contributed by atoms with Crippen molar-refractivity contribution in [2.24, 2.45) is 10.6 Å². The molecule has 2 aliphatic heterocycles. The Morgan fingerprint density at radius 2 is 1.83 bits per heavy atom. The van der Waals surface area contributed by atoms with Crippen LogP contribution in [-0.2, 0) is 4.76 Å². The number of rotatable bonds is 5. The number of piperidine rings is 1. The molecule has 1 aromatic heterocycles. The number of hydrogen-bond donors (Lipinski definition) is 2. The van der Waals surface area contributed by atoms with Gasteiger partial charge in [-0.3, -0.25) is 4.79 Å². The Kier molecular flexibility index (Phi) is 6.90. The van der Waals surface area contributed by atoms with Crippen molar-refractivity contribution in [3.05, 3.63) is 87.1 Å². The molecule has 1 atom stereocenters. The van der Waals surface area contributed by atoms with E-state index >= 15 is 0 Å². The number of aryl methyl sites for hydroxylation is 1. The third-order valence-electron chi connectivity index (χ3n) is 8.55. The topological polar surface area (TPSA) is 87.3 Å². The molecule has 3 aromatic carbocycles. The maximum atomic E-state index is 13.6. The van der Waals surface area contributed by atoms with Crippen LogP contribution in [0.3, 0.4) is 0 Å². The lowest BCUT2D eigenvalue weighted by atomic mass is 9.75. The summed E-state index contributed by atoms with van der Waals surface area (Å²) in [7, 11) is -1.10. The van der Waals surface area contributed by atoms with Crippen molar-refractivity contribution in [1.29, 1.82) is 0 Å². The summed E-state index contributed by atoms with van der Waals surface area (Å²) in [5, 5.41) is 18.4. The highest BCUT2D eigenvalue weighted by molar-refractivity contribution is 6.62. The van der Waals surface area contributed by atoms with Crippen molar-refractivity contribution in [2.45, 2.75) is 53.5 Å². The van der Waals surface area contributed by atoms with Crippen molar-refractivity contribution in [3.63, 3.8) is 0 Å². The van der Waals surface area contributed by atoms with Gasteiger partial charge < -0.3 is 24.4 Å². The Balaban J connectivity index is 1.38. The zero-order valence-electron chi connectivity index (χ0n) is 24.3. The minimum atomic E-state index is -1.10. The van der Waals surface area contributed by atoms with Crippen molar-refractivity contribution in [1.82, 2.24) is 0 Å². The summed E-state index contributed by atoms with van der Waals surface area (Å²) in [6.45, 7) is 12.3. The van der Waals surface area contributed by atoms with Crippen LogP contribution in [-0.4, -0.2) is 31.4 Å². The van der Waals surface area contributed by atoms with E-state index in [1.54, 1.807) is 6.21 Å². The van der Waals surface area contributed by atoms with Crippen LogP contribution in [0.1, 0.15) is 61.9 Å². The van der Waals surface area contributed by atoms with Crippen LogP contribution >= 0.6 is 0 Å². The van der Waals surface area contributed by atoms with E-state index in [2.05, 4.69) is 48.3 Å². The van der Waals surface area contributed by atoms with E-state index in [0.29, 0.717) is 33.3 Å². The third kappa shape index (κ3) is 5.13. The largest absolute Gasteiger partial charge is 0.583 e. The Morgan fingerprint density at radius 1 is 1.07 bits per heavy atom. The molecule has 2 N–H and O–H groups in total. The standard InChI is InChI=1S/C33H36BN3O4/c1-20-16-26(31-27(17-20)30(38)21(2)32(40-31)37-14-12-33(4,5)13-15-37)22(3)36-29-9-7-6-8-25(29)23-10-11-24-19-35-41-34(39)28(24)18-23/h6-11,16-19,22,36,39H,12-15H2,1-5H3. The highest BCUT2D eigenvalue weighted by Crippen LogP contribution is 2.37. The Labute approximate surface area is 241 Å². The average molecular weight is 549 g/mol. The second-order valence-electron chi connectivity index (χ2n) is 12.2. The zero-order valence-corrected chi connectivity index (χ0v) is 24.3. The molecular formula is C33H36BN3O4. The van der Waals surface area contributed by atoms with Gasteiger partial charge in [-0.1, -0.05) is 56.3 Å². The van der Waals surface area contributed by atoms with Crippen molar-refractivity contribution in [3.8, 4) is 11.1 Å². The first-order valence-electron chi connectivity index (χ1n) is 14.3. The van der Waals surface area contributed by atoms with Crippen LogP contribution in [0.5, 0.6) is 0 Å². The number of hydrogen-bond acceptors (Lipinski definition) is 7. The van der Waals surface area contributed by atoms with Crippen LogP contribution in [0, 0.1) is 19.3 Å². The number of nitrogens with zero attached hydrogens (tertiary/aromatic N) is 2. The molecule has 0 radical (unpaired) electrons. The van der Waals surface area contributed by atoms with Crippen LogP contribution in [0.25, 0.3) is 22.1 Å². The maximum Gasteiger partial charge on any atom is 0.583 e. The van der Waals surface area contributed by atoms with Gasteiger partial charge in [-0.15, -0.1) is 5.16 Å². The van der Waals surface area contributed by atoms with Gasteiger partial charge >= 0.3 is 7.12 Å². The molecular weight excluding hydrogens is 513 g/mol. The lowest BCUT2D eigenvalue weighted by Gasteiger charge is -2.37. The summed E-state index contributed by atoms with van der Waals surface area (Å²) in [6, 6.07) is 17.9. The number of oxime groups is 1. The smallest absolute Gasteiger partial charge is 0.440 e. The molecule has 2 aliphatic rings. The molecule has 0 bridgehead atoms. The molecule has 6 rings (SSSR count). The lowest BCUT2D eigenvalue weighted by Crippen LogP contribution is -2.38. The molecule has 0 spiro atoms. The fraction of sp³-hybridized carbons (Fsp3) is 0.333. The molecule has 4 aromatic rings. The van der Waals surface area contributed by atoms with Gasteiger partial charge in [0.05, 0.1) is 23.2 Å². The Morgan fingerprint density at radius 3 is 2.61 bits per heavy atom. The molecule has 41 heavy (non-hydrogen) atoms. The van der Waals surface area contributed by atoms with Crippen molar-refractivity contribution < 1.29 is 14.2 Å². The van der Waals surface area contributed by atoms with Gasteiger partial charge in [0, 0.05) is 35.4 Å². The van der Waals surface area contributed by atoms with E-state index in [1.165, 1.54) is 0 Å². The summed E-state index contributed by atoms with van der Waals surface area (Å²) >= 11 is 0. The first-order valence-corrected chi connectivity index (χ1v) is 14.3. The van der Waals surface area contributed by atoms with Crippen molar-refractivity contribution >= 4 is 41.3 Å². The fourth-order valence-electron chi connectivity index (χ4n) is 5.94. The highest BCUT2D eigenvalue weighted by atomic mass is 16.6. The fourth-order valence-corrected chi connectivity index (χ4v) is 5.94. The van der Waals surface area contributed by atoms with E-state index in [0.717, 1.165) is 59.4 Å². The SMILES string of the molecule is Cc1cc(C(C)Nc2ccccc2-c2ccc3c(c2)B(O)ON=C3)c2oc(N3CCC(C)(C)CC3)c(C)c(=O)c2c1. The van der Waals surface area contributed by atoms with E-state index in [-0.39, 0.29) is 11.5 Å². The van der Waals surface area contributed by atoms with Gasteiger partial charge in [0.15, 0.2) is 5.43 Å². The van der Waals surface area contributed by atoms with Crippen LogP contribution in [0.4, 0.5) is 11.6 Å². The average Bonchev–Trinajstić information content (AvgIpc) is 2.95. The van der Waals surface area contributed by atoms with E-state index in [9.17, 15) is 9.82 Å². The van der Waals surface area contributed by atoms with Crippen molar-refractivity contribution in [2.75, 3.05) is 23.3 Å². The summed E-state index contributed by atoms with van der Waals surface area (Å²) in [6.07, 6.45) is 3.72. The molecule has 0 saturated carbocycles. The van der Waals surface area contributed by atoms with E-state index < -0.39 is 7.12 Å². The van der Waals surface area contributed by atoms with Crippen LogP contribution in [0.15, 0.2) is 69.0 Å². The number of benzene rings is 3. The summed E-state index contributed by atoms with van der Waals surface area (Å²) in [5.41, 5.74) is 7.96. The first kappa shape index (κ1) is 27.2. The number of fused-ring (bicyclic) bond motifs is 2. The minimum Gasteiger partial charge on any atom is -0.440 e. The predicted octanol–water partition coefficient (Wildman–Crippen LogP) is 5.93. The predicted molar refractivity (Wildman–Crippen MR) is 167 cm³/mol. The monoisotopic (exact) mass is 549 g/mol. The molecule has 1 unspecified atom stereocenters. The molecule has 210 valence electrons. The van der Waals surface area contributed by atoms with Gasteiger partial charge in [0.1, 0.15) is 5.58 Å². The zero-order chi connectivity index (χ0) is 28.9. The van der Waals surface area contributed by atoms with E-state index in [1.807, 2.05) is 56.3 Å². The maximum absolute atomic E-state index is 13.6. The molecule has 7 nitrogen and oxygen atoms in total. The first-order chi connectivity index (χ1) is 19.6. The van der Waals surface area contributed by atoms with Gasteiger partial charge in [-0.2, -0.15) is 0 Å². The minimum absolute atomic E-state index is 0.0296. The highest BCUT2D eigenvalue weighted by Gasteiger charge is 2.29. The lowest BCUT2D eigenvalue weighted by molar-refractivity contribution is 0.274. The molecule has 3 heterocycles. The Hall–Kier alpha value is -4.04. The van der Waals surface area contributed by atoms with Gasteiger partial charge in [0.25, 0.3) is 0 Å². The molecule has 1 fully saturated rings. The molecule has 8 heteroatoms. The quantitative estimate of drug-likeness (QED) is 0.300. The molecule has 0 aliphatic carbocycles. The van der Waals surface area contributed by atoms with Crippen LogP contribution < -0.4 is 21.1 Å². The van der Waals surface area contributed by atoms with Crippen LogP contribution in [0.2, 0.25) is 0 Å². The third-order valence-corrected chi connectivity index (χ3v) is 8.55. The molecule has 0 amide bonds. The summed E-state index contributed by atoms with van der Waals surface area (Å²) < 4.78 is 11.7. The number of para-hydroxylation sites is 1. The van der Waals surface area contributed by atoms with Gasteiger partial charge in [-0.25, -0.2) is 0 Å². The normalized spacial score (nSPS) is 16.8. The summed E-state index contributed by atoms with van der Waals surface area (Å²) in [5.74, 6) is 0.689. The van der Waals surface area contributed by atoms with Gasteiger partial charge in [0.2, 0.25) is 5.88 Å².